The predicted octanol–water partition coefficient (Wildman–Crippen LogP) is 0.646. The predicted molar refractivity (Wildman–Crippen MR) is 60.4 cm³/mol. The molecule has 0 radical (unpaired) electrons. The quantitative estimate of drug-likeness (QED) is 0.608. The third-order valence-electron chi connectivity index (χ3n) is 1.70. The van der Waals surface area contributed by atoms with E-state index in [1.807, 2.05) is 0 Å². The second-order valence-electron chi connectivity index (χ2n) is 2.72. The molecular formula is C8H18N2S2. The Balaban J connectivity index is 2.00. The molecule has 0 spiro atoms. The fourth-order valence-corrected chi connectivity index (χ4v) is 2.97. The Labute approximate surface area is 83.6 Å². The molecule has 2 N–H and O–H groups in total. The molecule has 0 atom stereocenters. The van der Waals surface area contributed by atoms with Crippen molar-refractivity contribution in [2.75, 3.05) is 49.2 Å². The fourth-order valence-electron chi connectivity index (χ4n) is 1.04. The highest BCUT2D eigenvalue weighted by Crippen LogP contribution is 2.05. The molecule has 1 aliphatic heterocycles. The third-order valence-corrected chi connectivity index (χ3v) is 3.93. The number of thioether (sulfide) groups is 2. The SMILES string of the molecule is C1CNCCSCCSCCN1. The monoisotopic (exact) mass is 206 g/mol. The van der Waals surface area contributed by atoms with Crippen LogP contribution in [0.4, 0.5) is 0 Å². The number of rotatable bonds is 0. The van der Waals surface area contributed by atoms with E-state index >= 15 is 0 Å². The molecular weight excluding hydrogens is 188 g/mol. The summed E-state index contributed by atoms with van der Waals surface area (Å²) in [6.45, 7) is 4.56. The van der Waals surface area contributed by atoms with Gasteiger partial charge in [0.1, 0.15) is 0 Å². The van der Waals surface area contributed by atoms with Gasteiger partial charge < -0.3 is 10.6 Å². The Bertz CT molecular complexity index is 58.0. The molecule has 1 saturated heterocycles. The maximum atomic E-state index is 3.41. The van der Waals surface area contributed by atoms with E-state index in [4.69, 9.17) is 0 Å². The lowest BCUT2D eigenvalue weighted by atomic mass is 10.5. The lowest BCUT2D eigenvalue weighted by molar-refractivity contribution is 0.645. The first-order valence-electron chi connectivity index (χ1n) is 4.57. The summed E-state index contributed by atoms with van der Waals surface area (Å²) in [5.74, 6) is 5.15. The molecule has 0 saturated carbocycles. The normalized spacial score (nSPS) is 24.0. The molecule has 0 aromatic rings. The van der Waals surface area contributed by atoms with Crippen LogP contribution in [-0.2, 0) is 0 Å². The first kappa shape index (κ1) is 10.7. The second kappa shape index (κ2) is 8.23. The Morgan fingerprint density at radius 3 is 1.58 bits per heavy atom. The average molecular weight is 206 g/mol. The molecule has 2 nitrogen and oxygen atoms in total. The van der Waals surface area contributed by atoms with Gasteiger partial charge in [-0.25, -0.2) is 0 Å². The molecule has 1 heterocycles. The largest absolute Gasteiger partial charge is 0.315 e. The Kier molecular flexibility index (Phi) is 7.34. The highest BCUT2D eigenvalue weighted by atomic mass is 32.2. The fraction of sp³-hybridized carbons (Fsp3) is 1.00. The summed E-state index contributed by atoms with van der Waals surface area (Å²) in [7, 11) is 0. The minimum atomic E-state index is 1.12. The van der Waals surface area contributed by atoms with Gasteiger partial charge in [-0.05, 0) is 0 Å². The van der Waals surface area contributed by atoms with Gasteiger partial charge in [0.05, 0.1) is 0 Å². The molecule has 1 aliphatic rings. The molecule has 0 bridgehead atoms. The molecule has 0 aromatic heterocycles. The molecule has 0 amide bonds. The van der Waals surface area contributed by atoms with Crippen molar-refractivity contribution < 1.29 is 0 Å². The first-order chi connectivity index (χ1) is 6.00. The summed E-state index contributed by atoms with van der Waals surface area (Å²) in [5, 5.41) is 6.83. The zero-order valence-electron chi connectivity index (χ0n) is 7.47. The van der Waals surface area contributed by atoms with E-state index in [9.17, 15) is 0 Å². The summed E-state index contributed by atoms with van der Waals surface area (Å²) >= 11 is 4.13. The van der Waals surface area contributed by atoms with Gasteiger partial charge >= 0.3 is 0 Å². The third kappa shape index (κ3) is 6.17. The van der Waals surface area contributed by atoms with Crippen LogP contribution in [0.3, 0.4) is 0 Å². The van der Waals surface area contributed by atoms with Gasteiger partial charge in [-0.2, -0.15) is 23.5 Å². The van der Waals surface area contributed by atoms with Crippen LogP contribution < -0.4 is 10.6 Å². The van der Waals surface area contributed by atoms with E-state index in [-0.39, 0.29) is 0 Å². The molecule has 72 valence electrons. The highest BCUT2D eigenvalue weighted by Gasteiger charge is 1.94. The van der Waals surface area contributed by atoms with E-state index in [0.717, 1.165) is 26.2 Å². The van der Waals surface area contributed by atoms with E-state index in [0.29, 0.717) is 0 Å². The van der Waals surface area contributed by atoms with Gasteiger partial charge in [0, 0.05) is 49.2 Å². The van der Waals surface area contributed by atoms with E-state index in [2.05, 4.69) is 34.2 Å². The summed E-state index contributed by atoms with van der Waals surface area (Å²) in [6, 6.07) is 0. The number of hydrogen-bond donors (Lipinski definition) is 2. The van der Waals surface area contributed by atoms with Crippen molar-refractivity contribution in [3.05, 3.63) is 0 Å². The van der Waals surface area contributed by atoms with Crippen molar-refractivity contribution in [2.24, 2.45) is 0 Å². The van der Waals surface area contributed by atoms with Gasteiger partial charge in [-0.1, -0.05) is 0 Å². The molecule has 1 fully saturated rings. The van der Waals surface area contributed by atoms with Crippen LogP contribution >= 0.6 is 23.5 Å². The van der Waals surface area contributed by atoms with Gasteiger partial charge in [0.25, 0.3) is 0 Å². The lowest BCUT2D eigenvalue weighted by Crippen LogP contribution is -2.30. The summed E-state index contributed by atoms with van der Waals surface area (Å²) in [4.78, 5) is 0. The zero-order valence-corrected chi connectivity index (χ0v) is 9.11. The summed E-state index contributed by atoms with van der Waals surface area (Å²) in [6.07, 6.45) is 0. The van der Waals surface area contributed by atoms with Crippen molar-refractivity contribution in [1.29, 1.82) is 0 Å². The average Bonchev–Trinajstić information content (AvgIpc) is 2.05. The van der Waals surface area contributed by atoms with Crippen molar-refractivity contribution >= 4 is 23.5 Å². The van der Waals surface area contributed by atoms with Crippen LogP contribution in [0.25, 0.3) is 0 Å². The number of hydrogen-bond acceptors (Lipinski definition) is 4. The zero-order chi connectivity index (χ0) is 8.49. The Morgan fingerprint density at radius 2 is 1.08 bits per heavy atom. The van der Waals surface area contributed by atoms with Crippen LogP contribution in [0.15, 0.2) is 0 Å². The molecule has 0 aliphatic carbocycles. The van der Waals surface area contributed by atoms with Crippen molar-refractivity contribution in [1.82, 2.24) is 10.6 Å². The minimum Gasteiger partial charge on any atom is -0.315 e. The molecule has 0 unspecified atom stereocenters. The maximum absolute atomic E-state index is 3.41. The van der Waals surface area contributed by atoms with E-state index < -0.39 is 0 Å². The number of nitrogens with one attached hydrogen (secondary N) is 2. The van der Waals surface area contributed by atoms with Crippen LogP contribution in [0.5, 0.6) is 0 Å². The summed E-state index contributed by atoms with van der Waals surface area (Å²) < 4.78 is 0. The van der Waals surface area contributed by atoms with Crippen molar-refractivity contribution in [2.45, 2.75) is 0 Å². The van der Waals surface area contributed by atoms with Gasteiger partial charge in [0.2, 0.25) is 0 Å². The van der Waals surface area contributed by atoms with Gasteiger partial charge in [-0.15, -0.1) is 0 Å². The second-order valence-corrected chi connectivity index (χ2v) is 5.17. The van der Waals surface area contributed by atoms with Crippen LogP contribution in [-0.4, -0.2) is 49.2 Å². The topological polar surface area (TPSA) is 24.1 Å². The van der Waals surface area contributed by atoms with Crippen LogP contribution in [0, 0.1) is 0 Å². The van der Waals surface area contributed by atoms with Crippen LogP contribution in [0.2, 0.25) is 0 Å². The molecule has 0 aromatic carbocycles. The molecule has 1 rings (SSSR count). The van der Waals surface area contributed by atoms with E-state index in [1.165, 1.54) is 23.0 Å². The summed E-state index contributed by atoms with van der Waals surface area (Å²) in [5.41, 5.74) is 0. The first-order valence-corrected chi connectivity index (χ1v) is 6.88. The van der Waals surface area contributed by atoms with Crippen LogP contribution in [0.1, 0.15) is 0 Å². The van der Waals surface area contributed by atoms with Gasteiger partial charge in [0.15, 0.2) is 0 Å². The lowest BCUT2D eigenvalue weighted by Gasteiger charge is -2.08. The highest BCUT2D eigenvalue weighted by molar-refractivity contribution is 8.02. The van der Waals surface area contributed by atoms with Crippen molar-refractivity contribution in [3.63, 3.8) is 0 Å². The Hall–Kier alpha value is 0.620. The standard InChI is InChI=1S/C8H18N2S2/c1-2-10-4-6-12-8-7-11-5-3-9-1/h9-10H,1-8H2. The Morgan fingerprint density at radius 1 is 0.583 bits per heavy atom. The van der Waals surface area contributed by atoms with E-state index in [1.54, 1.807) is 0 Å². The van der Waals surface area contributed by atoms with Gasteiger partial charge in [-0.3, -0.25) is 0 Å². The van der Waals surface area contributed by atoms with Crippen molar-refractivity contribution in [3.8, 4) is 0 Å². The molecule has 12 heavy (non-hydrogen) atoms. The maximum Gasteiger partial charge on any atom is 0.00770 e. The minimum absolute atomic E-state index is 1.12. The smallest absolute Gasteiger partial charge is 0.00770 e. The molecule has 4 heteroatoms.